The van der Waals surface area contributed by atoms with Crippen LogP contribution in [0.4, 0.5) is 4.39 Å². The molecule has 0 fully saturated rings. The third-order valence-electron chi connectivity index (χ3n) is 3.72. The lowest BCUT2D eigenvalue weighted by atomic mass is 10.0. The molecule has 0 saturated carbocycles. The zero-order chi connectivity index (χ0) is 14.3. The zero-order valence-electron chi connectivity index (χ0n) is 10.9. The molecule has 0 spiro atoms. The van der Waals surface area contributed by atoms with Gasteiger partial charge in [-0.25, -0.2) is 4.39 Å². The molecular formula is C15H13BrFNOS. The summed E-state index contributed by atoms with van der Waals surface area (Å²) in [5.74, 6) is -0.728. The Balaban J connectivity index is 1.94. The third-order valence-corrected chi connectivity index (χ3v) is 5.33. The quantitative estimate of drug-likeness (QED) is 0.743. The number of hydrogen-bond acceptors (Lipinski definition) is 2. The summed E-state index contributed by atoms with van der Waals surface area (Å²) in [5, 5.41) is 2.05. The van der Waals surface area contributed by atoms with Crippen LogP contribution in [0.3, 0.4) is 0 Å². The second-order valence-electron chi connectivity index (χ2n) is 4.83. The van der Waals surface area contributed by atoms with Crippen LogP contribution in [-0.4, -0.2) is 17.4 Å². The van der Waals surface area contributed by atoms with Crippen LogP contribution in [0.5, 0.6) is 0 Å². The van der Waals surface area contributed by atoms with Gasteiger partial charge in [-0.15, -0.1) is 11.3 Å². The van der Waals surface area contributed by atoms with E-state index in [-0.39, 0.29) is 17.5 Å². The molecule has 0 N–H and O–H groups in total. The van der Waals surface area contributed by atoms with Gasteiger partial charge >= 0.3 is 0 Å². The molecule has 3 rings (SSSR count). The summed E-state index contributed by atoms with van der Waals surface area (Å²) in [4.78, 5) is 15.7. The number of carbonyl (C=O) groups is 1. The molecule has 1 aliphatic heterocycles. The van der Waals surface area contributed by atoms with E-state index in [0.29, 0.717) is 11.0 Å². The normalized spacial score (nSPS) is 17.9. The van der Waals surface area contributed by atoms with Crippen molar-refractivity contribution in [3.63, 3.8) is 0 Å². The Hall–Kier alpha value is -1.20. The van der Waals surface area contributed by atoms with Gasteiger partial charge in [0.05, 0.1) is 16.1 Å². The van der Waals surface area contributed by atoms with E-state index in [1.807, 2.05) is 6.92 Å². The highest BCUT2D eigenvalue weighted by molar-refractivity contribution is 9.10. The van der Waals surface area contributed by atoms with Crippen molar-refractivity contribution in [1.29, 1.82) is 0 Å². The van der Waals surface area contributed by atoms with E-state index in [1.165, 1.54) is 16.5 Å². The number of benzene rings is 1. The van der Waals surface area contributed by atoms with Crippen molar-refractivity contribution >= 4 is 33.2 Å². The van der Waals surface area contributed by atoms with Crippen LogP contribution in [0, 0.1) is 5.82 Å². The van der Waals surface area contributed by atoms with E-state index in [4.69, 9.17) is 0 Å². The molecule has 2 nitrogen and oxygen atoms in total. The molecule has 104 valence electrons. The van der Waals surface area contributed by atoms with Crippen LogP contribution in [0.25, 0.3) is 0 Å². The highest BCUT2D eigenvalue weighted by atomic mass is 79.9. The molecule has 0 aliphatic carbocycles. The van der Waals surface area contributed by atoms with Crippen molar-refractivity contribution in [2.75, 3.05) is 6.54 Å². The molecule has 2 heterocycles. The van der Waals surface area contributed by atoms with Crippen LogP contribution in [-0.2, 0) is 6.42 Å². The summed E-state index contributed by atoms with van der Waals surface area (Å²) >= 11 is 4.85. The maximum absolute atomic E-state index is 14.1. The molecule has 1 aromatic heterocycles. The minimum atomic E-state index is -0.485. The Morgan fingerprint density at radius 1 is 1.45 bits per heavy atom. The first-order valence-electron chi connectivity index (χ1n) is 6.41. The topological polar surface area (TPSA) is 20.3 Å². The molecule has 5 heteroatoms. The molecule has 0 saturated heterocycles. The Morgan fingerprint density at radius 3 is 3.05 bits per heavy atom. The second kappa shape index (κ2) is 5.30. The van der Waals surface area contributed by atoms with Crippen LogP contribution in [0.15, 0.2) is 34.1 Å². The fraction of sp³-hybridized carbons (Fsp3) is 0.267. The fourth-order valence-electron chi connectivity index (χ4n) is 2.61. The lowest BCUT2D eigenvalue weighted by Crippen LogP contribution is -2.38. The standard InChI is InChI=1S/C15H13BrFNOS/c1-9-10-6-8-20-13(10)5-7-18(9)15(19)11-3-2-4-12(16)14(11)17/h2-4,6,8-9H,5,7H2,1H3. The van der Waals surface area contributed by atoms with E-state index in [1.54, 1.807) is 28.4 Å². The largest absolute Gasteiger partial charge is 0.331 e. The Kier molecular flexibility index (Phi) is 3.65. The first-order chi connectivity index (χ1) is 9.59. The number of thiophene rings is 1. The number of rotatable bonds is 1. The first kappa shape index (κ1) is 13.8. The van der Waals surface area contributed by atoms with Gasteiger partial charge in [0.2, 0.25) is 0 Å². The summed E-state index contributed by atoms with van der Waals surface area (Å²) in [6, 6.07) is 6.88. The predicted molar refractivity (Wildman–Crippen MR) is 81.6 cm³/mol. The molecule has 1 amide bonds. The maximum Gasteiger partial charge on any atom is 0.257 e. The Labute approximate surface area is 129 Å². The number of nitrogens with zero attached hydrogens (tertiary/aromatic N) is 1. The zero-order valence-corrected chi connectivity index (χ0v) is 13.3. The maximum atomic E-state index is 14.1. The van der Waals surface area contributed by atoms with Gasteiger partial charge in [0.1, 0.15) is 5.82 Å². The Morgan fingerprint density at radius 2 is 2.25 bits per heavy atom. The monoisotopic (exact) mass is 353 g/mol. The molecule has 0 radical (unpaired) electrons. The summed E-state index contributed by atoms with van der Waals surface area (Å²) < 4.78 is 14.4. The van der Waals surface area contributed by atoms with Crippen molar-refractivity contribution in [2.24, 2.45) is 0 Å². The van der Waals surface area contributed by atoms with E-state index in [0.717, 1.165) is 6.42 Å². The molecule has 0 bridgehead atoms. The predicted octanol–water partition coefficient (Wildman–Crippen LogP) is 4.41. The van der Waals surface area contributed by atoms with Gasteiger partial charge in [-0.3, -0.25) is 4.79 Å². The number of fused-ring (bicyclic) bond motifs is 1. The summed E-state index contributed by atoms with van der Waals surface area (Å²) in [6.45, 7) is 2.64. The van der Waals surface area contributed by atoms with Crippen molar-refractivity contribution in [3.05, 3.63) is 55.9 Å². The average molecular weight is 354 g/mol. The molecular weight excluding hydrogens is 341 g/mol. The van der Waals surface area contributed by atoms with Gasteiger partial charge in [-0.2, -0.15) is 0 Å². The summed E-state index contributed by atoms with van der Waals surface area (Å²) in [6.07, 6.45) is 0.846. The van der Waals surface area contributed by atoms with Crippen molar-refractivity contribution < 1.29 is 9.18 Å². The van der Waals surface area contributed by atoms with E-state index in [9.17, 15) is 9.18 Å². The molecule has 1 unspecified atom stereocenters. The summed E-state index contributed by atoms with van der Waals surface area (Å²) in [5.41, 5.74) is 1.31. The van der Waals surface area contributed by atoms with Crippen LogP contribution < -0.4 is 0 Å². The third kappa shape index (κ3) is 2.19. The number of carbonyl (C=O) groups excluding carboxylic acids is 1. The second-order valence-corrected chi connectivity index (χ2v) is 6.68. The highest BCUT2D eigenvalue weighted by Gasteiger charge is 2.30. The minimum Gasteiger partial charge on any atom is -0.331 e. The minimum absolute atomic E-state index is 0.00381. The molecule has 1 aromatic carbocycles. The van der Waals surface area contributed by atoms with Gasteiger partial charge < -0.3 is 4.90 Å². The van der Waals surface area contributed by atoms with Crippen molar-refractivity contribution in [3.8, 4) is 0 Å². The molecule has 2 aromatic rings. The van der Waals surface area contributed by atoms with Crippen molar-refractivity contribution in [1.82, 2.24) is 4.90 Å². The molecule has 1 aliphatic rings. The van der Waals surface area contributed by atoms with Gasteiger partial charge in [0.25, 0.3) is 5.91 Å². The van der Waals surface area contributed by atoms with E-state index < -0.39 is 5.82 Å². The summed E-state index contributed by atoms with van der Waals surface area (Å²) in [7, 11) is 0. The van der Waals surface area contributed by atoms with Gasteiger partial charge in [-0.05, 0) is 58.4 Å². The van der Waals surface area contributed by atoms with E-state index in [2.05, 4.69) is 27.4 Å². The lowest BCUT2D eigenvalue weighted by Gasteiger charge is -2.33. The fourth-order valence-corrected chi connectivity index (χ4v) is 3.94. The smallest absolute Gasteiger partial charge is 0.257 e. The first-order valence-corrected chi connectivity index (χ1v) is 8.08. The molecule has 1 atom stereocenters. The van der Waals surface area contributed by atoms with E-state index >= 15 is 0 Å². The number of halogens is 2. The number of hydrogen-bond donors (Lipinski definition) is 0. The van der Waals surface area contributed by atoms with Gasteiger partial charge in [0, 0.05) is 11.4 Å². The SMILES string of the molecule is CC1c2ccsc2CCN1C(=O)c1cccc(Br)c1F. The molecule has 20 heavy (non-hydrogen) atoms. The van der Waals surface area contributed by atoms with Gasteiger partial charge in [-0.1, -0.05) is 6.07 Å². The highest BCUT2D eigenvalue weighted by Crippen LogP contribution is 2.34. The van der Waals surface area contributed by atoms with Crippen molar-refractivity contribution in [2.45, 2.75) is 19.4 Å². The Bertz CT molecular complexity index is 670. The van der Waals surface area contributed by atoms with Crippen LogP contribution in [0.2, 0.25) is 0 Å². The van der Waals surface area contributed by atoms with Crippen LogP contribution in [0.1, 0.15) is 33.8 Å². The van der Waals surface area contributed by atoms with Gasteiger partial charge in [0.15, 0.2) is 0 Å². The lowest BCUT2D eigenvalue weighted by molar-refractivity contribution is 0.0674. The van der Waals surface area contributed by atoms with Crippen LogP contribution >= 0.6 is 27.3 Å². The average Bonchev–Trinajstić information content (AvgIpc) is 2.91. The number of amides is 1.